The highest BCUT2D eigenvalue weighted by atomic mass is 79.9. The molecule has 2 N–H and O–H groups in total. The van der Waals surface area contributed by atoms with E-state index in [1.165, 1.54) is 13.3 Å². The quantitative estimate of drug-likeness (QED) is 0.842. The maximum absolute atomic E-state index is 12.0. The van der Waals surface area contributed by atoms with E-state index in [0.29, 0.717) is 27.2 Å². The highest BCUT2D eigenvalue weighted by molar-refractivity contribution is 9.10. The number of aliphatic hydroxyl groups is 1. The maximum atomic E-state index is 12.0. The Kier molecular flexibility index (Phi) is 4.70. The number of aromatic nitrogens is 1. The fourth-order valence-electron chi connectivity index (χ4n) is 1.69. The minimum atomic E-state index is -0.265. The van der Waals surface area contributed by atoms with Gasteiger partial charge in [-0.3, -0.25) is 4.79 Å². The summed E-state index contributed by atoms with van der Waals surface area (Å²) in [6.45, 7) is -0.160. The van der Waals surface area contributed by atoms with Crippen LogP contribution in [0.2, 0.25) is 0 Å². The lowest BCUT2D eigenvalue weighted by Crippen LogP contribution is -2.12. The van der Waals surface area contributed by atoms with E-state index in [1.54, 1.807) is 30.3 Å². The van der Waals surface area contributed by atoms with E-state index in [1.807, 2.05) is 0 Å². The van der Waals surface area contributed by atoms with Gasteiger partial charge < -0.3 is 15.2 Å². The smallest absolute Gasteiger partial charge is 0.257 e. The van der Waals surface area contributed by atoms with E-state index >= 15 is 0 Å². The van der Waals surface area contributed by atoms with Gasteiger partial charge in [0.05, 0.1) is 19.3 Å². The molecule has 0 aliphatic carbocycles. The number of hydrogen-bond donors (Lipinski definition) is 2. The molecule has 104 valence electrons. The van der Waals surface area contributed by atoms with Crippen molar-refractivity contribution in [2.75, 3.05) is 12.4 Å². The third-order valence-electron chi connectivity index (χ3n) is 2.70. The molecule has 0 radical (unpaired) electrons. The first kappa shape index (κ1) is 14.5. The lowest BCUT2D eigenvalue weighted by atomic mass is 10.1. The second-order valence-electron chi connectivity index (χ2n) is 4.01. The standard InChI is InChI=1S/C14H13BrN2O3/c1-20-12-4-3-11(6-10(12)8-18)17-14(19)9-2-5-13(15)16-7-9/h2-7,18H,8H2,1H3,(H,17,19). The van der Waals surface area contributed by atoms with Crippen LogP contribution in [0.25, 0.3) is 0 Å². The molecule has 0 bridgehead atoms. The summed E-state index contributed by atoms with van der Waals surface area (Å²) in [4.78, 5) is 16.0. The molecule has 6 heteroatoms. The zero-order valence-corrected chi connectivity index (χ0v) is 12.3. The number of halogens is 1. The number of carbonyl (C=O) groups is 1. The van der Waals surface area contributed by atoms with Crippen molar-refractivity contribution in [1.29, 1.82) is 0 Å². The third kappa shape index (κ3) is 3.34. The Morgan fingerprint density at radius 1 is 1.40 bits per heavy atom. The molecule has 1 heterocycles. The molecule has 1 aromatic heterocycles. The van der Waals surface area contributed by atoms with Crippen molar-refractivity contribution in [3.63, 3.8) is 0 Å². The molecule has 0 fully saturated rings. The predicted octanol–water partition coefficient (Wildman–Crippen LogP) is 2.60. The predicted molar refractivity (Wildman–Crippen MR) is 78.8 cm³/mol. The molecule has 0 atom stereocenters. The highest BCUT2D eigenvalue weighted by Crippen LogP contribution is 2.23. The monoisotopic (exact) mass is 336 g/mol. The molecule has 2 rings (SSSR count). The molecule has 0 aliphatic rings. The summed E-state index contributed by atoms with van der Waals surface area (Å²) < 4.78 is 5.77. The van der Waals surface area contributed by atoms with E-state index < -0.39 is 0 Å². The molecule has 0 aliphatic heterocycles. The Balaban J connectivity index is 2.17. The Hall–Kier alpha value is -1.92. The van der Waals surface area contributed by atoms with Crippen LogP contribution in [0, 0.1) is 0 Å². The van der Waals surface area contributed by atoms with Crippen LogP contribution in [-0.4, -0.2) is 23.1 Å². The Bertz CT molecular complexity index is 614. The van der Waals surface area contributed by atoms with Crippen LogP contribution in [0.5, 0.6) is 5.75 Å². The van der Waals surface area contributed by atoms with Crippen LogP contribution in [0.15, 0.2) is 41.1 Å². The summed E-state index contributed by atoms with van der Waals surface area (Å²) in [6.07, 6.45) is 1.48. The van der Waals surface area contributed by atoms with Crippen molar-refractivity contribution < 1.29 is 14.6 Å². The van der Waals surface area contributed by atoms with Gasteiger partial charge in [-0.15, -0.1) is 0 Å². The average molecular weight is 337 g/mol. The van der Waals surface area contributed by atoms with Crippen LogP contribution in [-0.2, 0) is 6.61 Å². The maximum Gasteiger partial charge on any atom is 0.257 e. The normalized spacial score (nSPS) is 10.2. The first-order chi connectivity index (χ1) is 9.63. The lowest BCUT2D eigenvalue weighted by molar-refractivity contribution is 0.102. The van der Waals surface area contributed by atoms with Gasteiger partial charge in [-0.1, -0.05) is 0 Å². The van der Waals surface area contributed by atoms with Crippen molar-refractivity contribution in [1.82, 2.24) is 4.98 Å². The van der Waals surface area contributed by atoms with E-state index in [0.717, 1.165) is 0 Å². The average Bonchev–Trinajstić information content (AvgIpc) is 2.47. The minimum Gasteiger partial charge on any atom is -0.496 e. The molecule has 5 nitrogen and oxygen atoms in total. The number of carbonyl (C=O) groups excluding carboxylic acids is 1. The third-order valence-corrected chi connectivity index (χ3v) is 3.17. The first-order valence-electron chi connectivity index (χ1n) is 5.84. The summed E-state index contributed by atoms with van der Waals surface area (Å²) in [7, 11) is 1.53. The molecule has 2 aromatic rings. The van der Waals surface area contributed by atoms with Crippen molar-refractivity contribution in [3.8, 4) is 5.75 Å². The van der Waals surface area contributed by atoms with Gasteiger partial charge in [0.25, 0.3) is 5.91 Å². The summed E-state index contributed by atoms with van der Waals surface area (Å²) in [5, 5.41) is 12.0. The van der Waals surface area contributed by atoms with Crippen LogP contribution in [0.3, 0.4) is 0 Å². The number of ether oxygens (including phenoxy) is 1. The van der Waals surface area contributed by atoms with Crippen molar-refractivity contribution in [2.24, 2.45) is 0 Å². The number of benzene rings is 1. The number of pyridine rings is 1. The number of aliphatic hydroxyl groups excluding tert-OH is 1. The molecule has 0 unspecified atom stereocenters. The zero-order valence-electron chi connectivity index (χ0n) is 10.8. The number of hydrogen-bond acceptors (Lipinski definition) is 4. The number of methoxy groups -OCH3 is 1. The summed E-state index contributed by atoms with van der Waals surface area (Å²) in [5.41, 5.74) is 1.65. The number of rotatable bonds is 4. The van der Waals surface area contributed by atoms with Crippen molar-refractivity contribution in [2.45, 2.75) is 6.61 Å². The fourth-order valence-corrected chi connectivity index (χ4v) is 1.93. The molecule has 20 heavy (non-hydrogen) atoms. The molecule has 0 saturated heterocycles. The van der Waals surface area contributed by atoms with Gasteiger partial charge in [-0.2, -0.15) is 0 Å². The molecule has 0 spiro atoms. The summed E-state index contributed by atoms with van der Waals surface area (Å²) >= 11 is 3.21. The number of nitrogens with zero attached hydrogens (tertiary/aromatic N) is 1. The largest absolute Gasteiger partial charge is 0.496 e. The Labute approximate surface area is 124 Å². The molecule has 1 amide bonds. The second kappa shape index (κ2) is 6.49. The number of amides is 1. The molecule has 0 saturated carbocycles. The van der Waals surface area contributed by atoms with E-state index in [2.05, 4.69) is 26.2 Å². The van der Waals surface area contributed by atoms with E-state index in [-0.39, 0.29) is 12.5 Å². The van der Waals surface area contributed by atoms with Gasteiger partial charge in [-0.25, -0.2) is 4.98 Å². The lowest BCUT2D eigenvalue weighted by Gasteiger charge is -2.10. The molecule has 1 aromatic carbocycles. The van der Waals surface area contributed by atoms with Crippen LogP contribution < -0.4 is 10.1 Å². The summed E-state index contributed by atoms with van der Waals surface area (Å²) in [5.74, 6) is 0.315. The van der Waals surface area contributed by atoms with Gasteiger partial charge >= 0.3 is 0 Å². The van der Waals surface area contributed by atoms with Gasteiger partial charge in [0.2, 0.25) is 0 Å². The Morgan fingerprint density at radius 2 is 2.20 bits per heavy atom. The number of nitrogens with one attached hydrogen (secondary N) is 1. The molecular weight excluding hydrogens is 324 g/mol. The highest BCUT2D eigenvalue weighted by Gasteiger charge is 2.09. The SMILES string of the molecule is COc1ccc(NC(=O)c2ccc(Br)nc2)cc1CO. The van der Waals surface area contributed by atoms with Gasteiger partial charge in [0, 0.05) is 17.4 Å². The summed E-state index contributed by atoms with van der Waals surface area (Å²) in [6, 6.07) is 8.44. The minimum absolute atomic E-state index is 0.160. The topological polar surface area (TPSA) is 71.5 Å². The first-order valence-corrected chi connectivity index (χ1v) is 6.64. The van der Waals surface area contributed by atoms with Crippen LogP contribution >= 0.6 is 15.9 Å². The Morgan fingerprint density at radius 3 is 2.80 bits per heavy atom. The fraction of sp³-hybridized carbons (Fsp3) is 0.143. The van der Waals surface area contributed by atoms with E-state index in [9.17, 15) is 9.90 Å². The van der Waals surface area contributed by atoms with Crippen LogP contribution in [0.4, 0.5) is 5.69 Å². The van der Waals surface area contributed by atoms with E-state index in [4.69, 9.17) is 4.74 Å². The van der Waals surface area contributed by atoms with Crippen LogP contribution in [0.1, 0.15) is 15.9 Å². The van der Waals surface area contributed by atoms with Gasteiger partial charge in [-0.05, 0) is 46.3 Å². The zero-order chi connectivity index (χ0) is 14.5. The van der Waals surface area contributed by atoms with Gasteiger partial charge in [0.15, 0.2) is 0 Å². The van der Waals surface area contributed by atoms with Gasteiger partial charge in [0.1, 0.15) is 10.4 Å². The molecular formula is C14H13BrN2O3. The number of anilines is 1. The second-order valence-corrected chi connectivity index (χ2v) is 4.82. The van der Waals surface area contributed by atoms with Crippen molar-refractivity contribution >= 4 is 27.5 Å². The van der Waals surface area contributed by atoms with Crippen molar-refractivity contribution in [3.05, 3.63) is 52.3 Å².